The molecule has 1 aliphatic heterocycles. The molecule has 3 heterocycles. The molecule has 0 aromatic carbocycles. The number of hydrogen-bond donors (Lipinski definition) is 0. The van der Waals surface area contributed by atoms with E-state index >= 15 is 0 Å². The fourth-order valence-corrected chi connectivity index (χ4v) is 3.52. The van der Waals surface area contributed by atoms with Crippen LogP contribution in [0.4, 0.5) is 0 Å². The third-order valence-electron chi connectivity index (χ3n) is 5.34. The molecule has 140 valence electrons. The van der Waals surface area contributed by atoms with Crippen LogP contribution in [0.5, 0.6) is 0 Å². The van der Waals surface area contributed by atoms with Crippen molar-refractivity contribution in [1.82, 2.24) is 19.5 Å². The van der Waals surface area contributed by atoms with Gasteiger partial charge in [0.1, 0.15) is 23.8 Å². The standard InChI is InChI=1S/C19H28N4O2Si/c1-19(2,3)26(4,5)25-12-8-9-15-17-18(21-13-20-15)23(14-22-17)16-10-6-7-11-24-16/h13-14,16H,6-7,10-12H2,1-5H3. The smallest absolute Gasteiger partial charge is 0.193 e. The van der Waals surface area contributed by atoms with E-state index in [9.17, 15) is 0 Å². The molecule has 1 aliphatic rings. The average Bonchev–Trinajstić information content (AvgIpc) is 3.03. The zero-order chi connectivity index (χ0) is 18.8. The first-order chi connectivity index (χ1) is 12.3. The second-order valence-corrected chi connectivity index (χ2v) is 13.0. The van der Waals surface area contributed by atoms with E-state index in [-0.39, 0.29) is 11.3 Å². The zero-order valence-corrected chi connectivity index (χ0v) is 17.4. The van der Waals surface area contributed by atoms with Crippen molar-refractivity contribution in [1.29, 1.82) is 0 Å². The molecule has 2 aromatic heterocycles. The van der Waals surface area contributed by atoms with Gasteiger partial charge in [0, 0.05) is 6.61 Å². The highest BCUT2D eigenvalue weighted by Crippen LogP contribution is 2.36. The molecular formula is C19H28N4O2Si. The quantitative estimate of drug-likeness (QED) is 0.604. The summed E-state index contributed by atoms with van der Waals surface area (Å²) in [6.45, 7) is 12.3. The Kier molecular flexibility index (Phi) is 5.46. The zero-order valence-electron chi connectivity index (χ0n) is 16.4. The fourth-order valence-electron chi connectivity index (χ4n) is 2.65. The number of nitrogens with zero attached hydrogens (tertiary/aromatic N) is 4. The summed E-state index contributed by atoms with van der Waals surface area (Å²) >= 11 is 0. The molecule has 0 N–H and O–H groups in total. The summed E-state index contributed by atoms with van der Waals surface area (Å²) in [4.78, 5) is 13.2. The van der Waals surface area contributed by atoms with Gasteiger partial charge in [0.15, 0.2) is 14.0 Å². The molecule has 1 atom stereocenters. The molecule has 2 aromatic rings. The summed E-state index contributed by atoms with van der Waals surface area (Å²) in [5.74, 6) is 6.21. The lowest BCUT2D eigenvalue weighted by atomic mass is 10.2. The molecule has 26 heavy (non-hydrogen) atoms. The van der Waals surface area contributed by atoms with E-state index in [1.165, 1.54) is 0 Å². The molecule has 0 spiro atoms. The second kappa shape index (κ2) is 7.47. The first-order valence-corrected chi connectivity index (χ1v) is 12.1. The number of rotatable bonds is 3. The molecule has 0 radical (unpaired) electrons. The molecule has 0 bridgehead atoms. The third kappa shape index (κ3) is 3.98. The Labute approximate surface area is 156 Å². The highest BCUT2D eigenvalue weighted by atomic mass is 28.4. The van der Waals surface area contributed by atoms with E-state index in [0.717, 1.165) is 37.0 Å². The minimum atomic E-state index is -1.79. The monoisotopic (exact) mass is 372 g/mol. The maximum atomic E-state index is 6.10. The van der Waals surface area contributed by atoms with Crippen LogP contribution in [0.3, 0.4) is 0 Å². The Balaban J connectivity index is 1.77. The molecule has 0 saturated carbocycles. The number of hydrogen-bond acceptors (Lipinski definition) is 5. The third-order valence-corrected chi connectivity index (χ3v) is 9.82. The average molecular weight is 373 g/mol. The molecule has 6 nitrogen and oxygen atoms in total. The van der Waals surface area contributed by atoms with Crippen molar-refractivity contribution in [2.24, 2.45) is 0 Å². The Morgan fingerprint density at radius 2 is 2.08 bits per heavy atom. The Morgan fingerprint density at radius 1 is 1.27 bits per heavy atom. The molecule has 0 aliphatic carbocycles. The lowest BCUT2D eigenvalue weighted by Crippen LogP contribution is -2.40. The Hall–Kier alpha value is -1.75. The van der Waals surface area contributed by atoms with Crippen LogP contribution < -0.4 is 0 Å². The van der Waals surface area contributed by atoms with Gasteiger partial charge in [-0.25, -0.2) is 15.0 Å². The van der Waals surface area contributed by atoms with Crippen LogP contribution in [0.15, 0.2) is 12.7 Å². The van der Waals surface area contributed by atoms with Crippen LogP contribution in [-0.2, 0) is 9.16 Å². The van der Waals surface area contributed by atoms with Gasteiger partial charge in [0.25, 0.3) is 0 Å². The molecule has 1 fully saturated rings. The van der Waals surface area contributed by atoms with Gasteiger partial charge < -0.3 is 9.16 Å². The van der Waals surface area contributed by atoms with Crippen LogP contribution in [0.25, 0.3) is 11.2 Å². The lowest BCUT2D eigenvalue weighted by Gasteiger charge is -2.35. The second-order valence-electron chi connectivity index (χ2n) is 8.22. The van der Waals surface area contributed by atoms with Crippen molar-refractivity contribution >= 4 is 19.5 Å². The summed E-state index contributed by atoms with van der Waals surface area (Å²) in [5.41, 5.74) is 2.14. The van der Waals surface area contributed by atoms with Gasteiger partial charge in [-0.15, -0.1) is 0 Å². The SMILES string of the molecule is CC(C)(C)[Si](C)(C)OCC#Cc1ncnc2c1ncn2C1CCCCO1. The summed E-state index contributed by atoms with van der Waals surface area (Å²) in [6.07, 6.45) is 6.59. The minimum Gasteiger partial charge on any atom is -0.406 e. The van der Waals surface area contributed by atoms with Crippen molar-refractivity contribution in [2.45, 2.75) is 64.4 Å². The summed E-state index contributed by atoms with van der Waals surface area (Å²) in [6, 6.07) is 0. The van der Waals surface area contributed by atoms with Crippen molar-refractivity contribution in [3.8, 4) is 11.8 Å². The van der Waals surface area contributed by atoms with Crippen molar-refractivity contribution in [3.63, 3.8) is 0 Å². The first-order valence-electron chi connectivity index (χ1n) is 9.21. The highest BCUT2D eigenvalue weighted by Gasteiger charge is 2.36. The van der Waals surface area contributed by atoms with Crippen LogP contribution in [-0.4, -0.2) is 41.1 Å². The Morgan fingerprint density at radius 3 is 2.77 bits per heavy atom. The predicted octanol–water partition coefficient (Wildman–Crippen LogP) is 3.90. The van der Waals surface area contributed by atoms with Gasteiger partial charge in [-0.05, 0) is 43.3 Å². The molecular weight excluding hydrogens is 344 g/mol. The Bertz CT molecular complexity index is 823. The van der Waals surface area contributed by atoms with E-state index in [2.05, 4.69) is 60.7 Å². The number of imidazole rings is 1. The van der Waals surface area contributed by atoms with Gasteiger partial charge in [-0.2, -0.15) is 0 Å². The van der Waals surface area contributed by atoms with E-state index in [0.29, 0.717) is 12.3 Å². The van der Waals surface area contributed by atoms with E-state index in [1.807, 2.05) is 4.57 Å². The normalized spacial score (nSPS) is 18.6. The van der Waals surface area contributed by atoms with E-state index < -0.39 is 8.32 Å². The number of ether oxygens (including phenoxy) is 1. The van der Waals surface area contributed by atoms with E-state index in [1.54, 1.807) is 12.7 Å². The molecule has 0 amide bonds. The maximum absolute atomic E-state index is 6.10. The summed E-state index contributed by atoms with van der Waals surface area (Å²) in [5, 5.41) is 0.176. The van der Waals surface area contributed by atoms with Gasteiger partial charge in [-0.1, -0.05) is 26.7 Å². The van der Waals surface area contributed by atoms with Crippen molar-refractivity contribution < 1.29 is 9.16 Å². The van der Waals surface area contributed by atoms with Crippen molar-refractivity contribution in [2.75, 3.05) is 13.2 Å². The largest absolute Gasteiger partial charge is 0.406 e. The van der Waals surface area contributed by atoms with Gasteiger partial charge in [0.2, 0.25) is 0 Å². The van der Waals surface area contributed by atoms with Crippen LogP contribution >= 0.6 is 0 Å². The minimum absolute atomic E-state index is 0.00590. The fraction of sp³-hybridized carbons (Fsp3) is 0.632. The summed E-state index contributed by atoms with van der Waals surface area (Å²) < 4.78 is 13.9. The predicted molar refractivity (Wildman–Crippen MR) is 104 cm³/mol. The topological polar surface area (TPSA) is 62.1 Å². The van der Waals surface area contributed by atoms with Gasteiger partial charge in [0.05, 0.1) is 12.9 Å². The first kappa shape index (κ1) is 19.0. The summed E-state index contributed by atoms with van der Waals surface area (Å²) in [7, 11) is -1.79. The molecule has 7 heteroatoms. The number of fused-ring (bicyclic) bond motifs is 1. The highest BCUT2D eigenvalue weighted by molar-refractivity contribution is 6.74. The van der Waals surface area contributed by atoms with Crippen LogP contribution in [0.2, 0.25) is 18.1 Å². The van der Waals surface area contributed by atoms with Crippen LogP contribution in [0.1, 0.15) is 52.0 Å². The van der Waals surface area contributed by atoms with E-state index in [4.69, 9.17) is 9.16 Å². The number of aromatic nitrogens is 4. The molecule has 3 rings (SSSR count). The van der Waals surface area contributed by atoms with Gasteiger partial charge >= 0.3 is 0 Å². The van der Waals surface area contributed by atoms with Crippen molar-refractivity contribution in [3.05, 3.63) is 18.3 Å². The maximum Gasteiger partial charge on any atom is 0.193 e. The van der Waals surface area contributed by atoms with Gasteiger partial charge in [-0.3, -0.25) is 4.57 Å². The van der Waals surface area contributed by atoms with Crippen LogP contribution in [0, 0.1) is 11.8 Å². The molecule has 1 saturated heterocycles. The molecule has 1 unspecified atom stereocenters. The lowest BCUT2D eigenvalue weighted by molar-refractivity contribution is -0.0298.